The molecule has 0 bridgehead atoms. The Morgan fingerprint density at radius 1 is 0.941 bits per heavy atom. The minimum Gasteiger partial charge on any atom is -0.369 e. The fourth-order valence-electron chi connectivity index (χ4n) is 4.14. The van der Waals surface area contributed by atoms with Gasteiger partial charge in [-0.25, -0.2) is 0 Å². The zero-order valence-corrected chi connectivity index (χ0v) is 19.5. The summed E-state index contributed by atoms with van der Waals surface area (Å²) < 4.78 is 0. The Hall–Kier alpha value is -3.91. The maximum absolute atomic E-state index is 13.1. The van der Waals surface area contributed by atoms with Crippen molar-refractivity contribution in [3.63, 3.8) is 0 Å². The van der Waals surface area contributed by atoms with E-state index in [9.17, 15) is 14.4 Å². The van der Waals surface area contributed by atoms with Crippen LogP contribution in [0.1, 0.15) is 12.5 Å². The zero-order valence-electron chi connectivity index (χ0n) is 19.5. The number of carbonyl (C=O) groups excluding carboxylic acids is 3. The van der Waals surface area contributed by atoms with E-state index in [1.165, 1.54) is 17.9 Å². The third-order valence-corrected chi connectivity index (χ3v) is 5.98. The summed E-state index contributed by atoms with van der Waals surface area (Å²) in [5.41, 5.74) is 3.59. The highest BCUT2D eigenvalue weighted by Crippen LogP contribution is 2.31. The van der Waals surface area contributed by atoms with Gasteiger partial charge in [0.1, 0.15) is 5.70 Å². The average molecular weight is 460 g/mol. The molecule has 34 heavy (non-hydrogen) atoms. The second kappa shape index (κ2) is 9.93. The van der Waals surface area contributed by atoms with Gasteiger partial charge in [0.2, 0.25) is 5.91 Å². The van der Waals surface area contributed by atoms with Crippen molar-refractivity contribution in [1.82, 2.24) is 9.80 Å². The first-order valence-corrected chi connectivity index (χ1v) is 11.3. The number of amides is 3. The van der Waals surface area contributed by atoms with Crippen molar-refractivity contribution in [3.8, 4) is 0 Å². The Bertz CT molecular complexity index is 1130. The Morgan fingerprint density at radius 3 is 2.15 bits per heavy atom. The number of anilines is 3. The molecule has 1 fully saturated rings. The Labute approximate surface area is 199 Å². The average Bonchev–Trinajstić information content (AvgIpc) is 3.05. The van der Waals surface area contributed by atoms with Gasteiger partial charge in [-0.3, -0.25) is 19.3 Å². The van der Waals surface area contributed by atoms with Gasteiger partial charge in [-0.2, -0.15) is 0 Å². The van der Waals surface area contributed by atoms with Crippen LogP contribution in [-0.4, -0.2) is 67.3 Å². The topological polar surface area (TPSA) is 85.0 Å². The van der Waals surface area contributed by atoms with E-state index < -0.39 is 5.91 Å². The van der Waals surface area contributed by atoms with E-state index in [0.29, 0.717) is 16.8 Å². The molecule has 1 saturated heterocycles. The molecule has 3 amide bonds. The maximum atomic E-state index is 13.1. The molecule has 0 atom stereocenters. The first-order valence-electron chi connectivity index (χ1n) is 11.3. The van der Waals surface area contributed by atoms with Gasteiger partial charge in [0, 0.05) is 56.7 Å². The largest absolute Gasteiger partial charge is 0.369 e. The molecule has 0 aromatic heterocycles. The van der Waals surface area contributed by atoms with Crippen LogP contribution in [-0.2, 0) is 14.4 Å². The van der Waals surface area contributed by atoms with Crippen molar-refractivity contribution in [1.29, 1.82) is 0 Å². The molecule has 0 spiro atoms. The fraction of sp³-hybridized carbons (Fsp3) is 0.269. The van der Waals surface area contributed by atoms with Gasteiger partial charge in [-0.15, -0.1) is 6.58 Å². The maximum Gasteiger partial charge on any atom is 0.278 e. The van der Waals surface area contributed by atoms with Crippen LogP contribution in [0.3, 0.4) is 0 Å². The van der Waals surface area contributed by atoms with Gasteiger partial charge in [-0.05, 0) is 49.0 Å². The van der Waals surface area contributed by atoms with E-state index in [0.717, 1.165) is 37.6 Å². The number of likely N-dealkylation sites (N-methyl/N-ethyl adjacent to an activating group) is 1. The molecular formula is C26H29N5O3. The summed E-state index contributed by atoms with van der Waals surface area (Å²) in [6.45, 7) is 9.20. The molecule has 0 unspecified atom stereocenters. The van der Waals surface area contributed by atoms with Gasteiger partial charge in [0.05, 0.1) is 5.57 Å². The van der Waals surface area contributed by atoms with Crippen LogP contribution in [0.25, 0.3) is 5.57 Å². The molecule has 176 valence electrons. The highest BCUT2D eigenvalue weighted by atomic mass is 16.2. The predicted octanol–water partition coefficient (Wildman–Crippen LogP) is 2.77. The van der Waals surface area contributed by atoms with Crippen LogP contribution in [0.4, 0.5) is 17.1 Å². The monoisotopic (exact) mass is 459 g/mol. The van der Waals surface area contributed by atoms with Gasteiger partial charge >= 0.3 is 0 Å². The summed E-state index contributed by atoms with van der Waals surface area (Å²) in [4.78, 5) is 43.4. The minimum absolute atomic E-state index is 0.124. The number of hydrogen-bond donors (Lipinski definition) is 2. The lowest BCUT2D eigenvalue weighted by atomic mass is 10.0. The summed E-state index contributed by atoms with van der Waals surface area (Å²) in [5.74, 6) is -0.957. The van der Waals surface area contributed by atoms with Crippen LogP contribution in [0.5, 0.6) is 0 Å². The predicted molar refractivity (Wildman–Crippen MR) is 134 cm³/mol. The van der Waals surface area contributed by atoms with Crippen molar-refractivity contribution in [2.24, 2.45) is 0 Å². The smallest absolute Gasteiger partial charge is 0.278 e. The molecule has 0 radical (unpaired) electrons. The Morgan fingerprint density at radius 2 is 1.56 bits per heavy atom. The van der Waals surface area contributed by atoms with E-state index in [4.69, 9.17) is 0 Å². The number of rotatable bonds is 7. The second-order valence-corrected chi connectivity index (χ2v) is 8.48. The lowest BCUT2D eigenvalue weighted by molar-refractivity contribution is -0.136. The molecule has 0 aliphatic carbocycles. The Balaban J connectivity index is 1.61. The fourth-order valence-corrected chi connectivity index (χ4v) is 4.14. The summed E-state index contributed by atoms with van der Waals surface area (Å²) in [7, 11) is 2.12. The standard InChI is InChI=1S/C26H29N5O3/c1-4-13-31-25(33)23(19-5-7-20(8-6-19)27-18(2)32)24(26(31)34)28-21-9-11-22(12-10-21)30-16-14-29(3)15-17-30/h4-12,28H,1,13-17H2,2-3H3,(H,27,32). The number of carbonyl (C=O) groups is 3. The molecule has 2 heterocycles. The van der Waals surface area contributed by atoms with E-state index >= 15 is 0 Å². The van der Waals surface area contributed by atoms with Crippen LogP contribution in [0, 0.1) is 0 Å². The highest BCUT2D eigenvalue weighted by molar-refractivity contribution is 6.36. The quantitative estimate of drug-likeness (QED) is 0.489. The number of nitrogens with zero attached hydrogens (tertiary/aromatic N) is 3. The van der Waals surface area contributed by atoms with E-state index in [1.807, 2.05) is 24.3 Å². The molecular weight excluding hydrogens is 430 g/mol. The first-order chi connectivity index (χ1) is 16.4. The zero-order chi connectivity index (χ0) is 24.2. The molecule has 0 saturated carbocycles. The van der Waals surface area contributed by atoms with Crippen LogP contribution >= 0.6 is 0 Å². The lowest BCUT2D eigenvalue weighted by Gasteiger charge is -2.34. The van der Waals surface area contributed by atoms with Crippen LogP contribution in [0.15, 0.2) is 66.9 Å². The summed E-state index contributed by atoms with van der Waals surface area (Å²) in [6, 6.07) is 14.8. The number of imide groups is 1. The first kappa shape index (κ1) is 23.3. The Kier molecular flexibility index (Phi) is 6.79. The number of hydrogen-bond acceptors (Lipinski definition) is 6. The van der Waals surface area contributed by atoms with E-state index in [1.54, 1.807) is 24.3 Å². The molecule has 8 nitrogen and oxygen atoms in total. The molecule has 2 N–H and O–H groups in total. The van der Waals surface area contributed by atoms with Gasteiger partial charge in [0.15, 0.2) is 0 Å². The van der Waals surface area contributed by atoms with Gasteiger partial charge < -0.3 is 20.4 Å². The number of nitrogens with one attached hydrogen (secondary N) is 2. The summed E-state index contributed by atoms with van der Waals surface area (Å²) in [5, 5.41) is 5.88. The van der Waals surface area contributed by atoms with Crippen LogP contribution in [0.2, 0.25) is 0 Å². The van der Waals surface area contributed by atoms with Crippen molar-refractivity contribution in [2.45, 2.75) is 6.92 Å². The third kappa shape index (κ3) is 4.87. The van der Waals surface area contributed by atoms with E-state index in [-0.39, 0.29) is 24.1 Å². The van der Waals surface area contributed by atoms with Crippen molar-refractivity contribution < 1.29 is 14.4 Å². The highest BCUT2D eigenvalue weighted by Gasteiger charge is 2.38. The lowest BCUT2D eigenvalue weighted by Crippen LogP contribution is -2.44. The third-order valence-electron chi connectivity index (χ3n) is 5.98. The molecule has 2 aliphatic heterocycles. The second-order valence-electron chi connectivity index (χ2n) is 8.48. The number of benzene rings is 2. The SMILES string of the molecule is C=CCN1C(=O)C(Nc2ccc(N3CCN(C)CC3)cc2)=C(c2ccc(NC(C)=O)cc2)C1=O. The van der Waals surface area contributed by atoms with Crippen molar-refractivity contribution in [2.75, 3.05) is 55.3 Å². The van der Waals surface area contributed by atoms with Crippen molar-refractivity contribution >= 4 is 40.4 Å². The number of piperazine rings is 1. The molecule has 2 aliphatic rings. The normalized spacial score (nSPS) is 16.8. The van der Waals surface area contributed by atoms with Gasteiger partial charge in [0.25, 0.3) is 11.8 Å². The summed E-state index contributed by atoms with van der Waals surface area (Å²) in [6.07, 6.45) is 1.53. The summed E-state index contributed by atoms with van der Waals surface area (Å²) >= 11 is 0. The molecule has 2 aromatic rings. The molecule has 2 aromatic carbocycles. The molecule has 8 heteroatoms. The van der Waals surface area contributed by atoms with Crippen molar-refractivity contribution in [3.05, 3.63) is 72.4 Å². The van der Waals surface area contributed by atoms with Crippen LogP contribution < -0.4 is 15.5 Å². The van der Waals surface area contributed by atoms with E-state index in [2.05, 4.69) is 34.1 Å². The van der Waals surface area contributed by atoms with Gasteiger partial charge in [-0.1, -0.05) is 18.2 Å². The molecule has 4 rings (SSSR count). The minimum atomic E-state index is -0.394.